The van der Waals surface area contributed by atoms with Gasteiger partial charge in [-0.2, -0.15) is 4.72 Å². The minimum absolute atomic E-state index is 0.0695. The molecule has 0 aliphatic carbocycles. The Morgan fingerprint density at radius 1 is 1.03 bits per heavy atom. The summed E-state index contributed by atoms with van der Waals surface area (Å²) in [5.74, 6) is 1.13. The summed E-state index contributed by atoms with van der Waals surface area (Å²) in [4.78, 5) is 13.0. The maximum atomic E-state index is 13.1. The average Bonchev–Trinajstić information content (AvgIpc) is 3.30. The lowest BCUT2D eigenvalue weighted by Gasteiger charge is -2.19. The summed E-state index contributed by atoms with van der Waals surface area (Å²) in [6, 6.07) is 17.6. The lowest BCUT2D eigenvalue weighted by molar-refractivity contribution is -0.122. The number of fused-ring (bicyclic) bond motifs is 1. The maximum absolute atomic E-state index is 13.1. The van der Waals surface area contributed by atoms with Crippen LogP contribution in [0.3, 0.4) is 0 Å². The number of halogens is 1. The minimum Gasteiger partial charge on any atom is -0.495 e. The fourth-order valence-corrected chi connectivity index (χ4v) is 5.01. The molecule has 8 nitrogen and oxygen atoms in total. The molecule has 0 fully saturated rings. The van der Waals surface area contributed by atoms with Crippen molar-refractivity contribution < 1.29 is 27.4 Å². The molecule has 1 aliphatic rings. The third kappa shape index (κ3) is 5.61. The highest BCUT2D eigenvalue weighted by molar-refractivity contribution is 7.89. The van der Waals surface area contributed by atoms with Crippen LogP contribution in [0.2, 0.25) is 5.02 Å². The van der Waals surface area contributed by atoms with Crippen LogP contribution in [0.4, 0.5) is 0 Å². The van der Waals surface area contributed by atoms with Crippen LogP contribution >= 0.6 is 11.6 Å². The minimum atomic E-state index is -4.05. The highest BCUT2D eigenvalue weighted by Gasteiger charge is 2.27. The number of hydrogen-bond acceptors (Lipinski definition) is 6. The smallest absolute Gasteiger partial charge is 0.241 e. The molecule has 3 aromatic carbocycles. The van der Waals surface area contributed by atoms with E-state index in [9.17, 15) is 13.2 Å². The Kier molecular flexibility index (Phi) is 7.26. The molecule has 4 rings (SSSR count). The molecule has 10 heteroatoms. The van der Waals surface area contributed by atoms with Crippen molar-refractivity contribution in [1.29, 1.82) is 0 Å². The van der Waals surface area contributed by atoms with E-state index < -0.39 is 22.0 Å². The topological polar surface area (TPSA) is 103 Å². The quantitative estimate of drug-likeness (QED) is 0.465. The second kappa shape index (κ2) is 10.3. The van der Waals surface area contributed by atoms with Crippen molar-refractivity contribution in [3.8, 4) is 17.2 Å². The van der Waals surface area contributed by atoms with Gasteiger partial charge in [0.25, 0.3) is 0 Å². The molecule has 1 amide bonds. The average molecular weight is 503 g/mol. The molecule has 178 valence electrons. The van der Waals surface area contributed by atoms with Crippen LogP contribution in [0, 0.1) is 0 Å². The summed E-state index contributed by atoms with van der Waals surface area (Å²) < 4.78 is 44.4. The van der Waals surface area contributed by atoms with Gasteiger partial charge in [-0.05, 0) is 47.9 Å². The molecule has 0 saturated carbocycles. The van der Waals surface area contributed by atoms with Crippen molar-refractivity contribution in [2.75, 3.05) is 13.9 Å². The number of amides is 1. The molecule has 1 heterocycles. The summed E-state index contributed by atoms with van der Waals surface area (Å²) >= 11 is 6.11. The summed E-state index contributed by atoms with van der Waals surface area (Å²) in [6.45, 7) is 0.346. The Morgan fingerprint density at radius 3 is 2.53 bits per heavy atom. The van der Waals surface area contributed by atoms with Gasteiger partial charge in [0.2, 0.25) is 22.7 Å². The zero-order valence-corrected chi connectivity index (χ0v) is 19.9. The fraction of sp³-hybridized carbons (Fsp3) is 0.208. The largest absolute Gasteiger partial charge is 0.495 e. The number of benzene rings is 3. The van der Waals surface area contributed by atoms with Crippen LogP contribution in [0.15, 0.2) is 71.6 Å². The van der Waals surface area contributed by atoms with Crippen molar-refractivity contribution in [3.05, 3.63) is 82.9 Å². The standard InChI is InChI=1S/C24H23ClN2O6S/c1-31-21-10-8-18(13-19(21)25)34(29,30)27-20(11-16-5-3-2-4-6-16)24(28)26-14-17-7-9-22-23(12-17)33-15-32-22/h2-10,12-13,20,27H,11,14-15H2,1H3,(H,26,28)/t20-/m1/s1. The van der Waals surface area contributed by atoms with E-state index in [1.807, 2.05) is 36.4 Å². The number of sulfonamides is 1. The normalized spacial score (nSPS) is 13.4. The number of nitrogens with one attached hydrogen (secondary N) is 2. The molecule has 1 atom stereocenters. The Bertz CT molecular complexity index is 1280. The Balaban J connectivity index is 1.52. The molecule has 0 unspecified atom stereocenters. The van der Waals surface area contributed by atoms with Gasteiger partial charge in [-0.1, -0.05) is 48.0 Å². The summed E-state index contributed by atoms with van der Waals surface area (Å²) in [5, 5.41) is 2.96. The number of hydrogen-bond donors (Lipinski definition) is 2. The molecule has 0 spiro atoms. The molecule has 0 radical (unpaired) electrons. The first-order chi connectivity index (χ1) is 16.4. The van der Waals surface area contributed by atoms with Gasteiger partial charge in [0.1, 0.15) is 11.8 Å². The SMILES string of the molecule is COc1ccc(S(=O)(=O)N[C@H](Cc2ccccc2)C(=O)NCc2ccc3c(c2)OCO3)cc1Cl. The van der Waals surface area contributed by atoms with Gasteiger partial charge in [-0.3, -0.25) is 4.79 Å². The van der Waals surface area contributed by atoms with E-state index in [4.69, 9.17) is 25.8 Å². The number of rotatable bonds is 9. The van der Waals surface area contributed by atoms with Crippen molar-refractivity contribution in [2.45, 2.75) is 23.9 Å². The zero-order valence-electron chi connectivity index (χ0n) is 18.3. The Hall–Kier alpha value is -3.27. The number of carbonyl (C=O) groups is 1. The van der Waals surface area contributed by atoms with Crippen LogP contribution in [0.5, 0.6) is 17.2 Å². The van der Waals surface area contributed by atoms with Gasteiger partial charge in [-0.25, -0.2) is 8.42 Å². The summed E-state index contributed by atoms with van der Waals surface area (Å²) in [6.07, 6.45) is 0.164. The highest BCUT2D eigenvalue weighted by Crippen LogP contribution is 2.32. The molecule has 0 saturated heterocycles. The van der Waals surface area contributed by atoms with E-state index >= 15 is 0 Å². The Morgan fingerprint density at radius 2 is 1.79 bits per heavy atom. The lowest BCUT2D eigenvalue weighted by atomic mass is 10.1. The number of ether oxygens (including phenoxy) is 3. The first kappa shape index (κ1) is 23.9. The second-order valence-corrected chi connectivity index (χ2v) is 9.69. The van der Waals surface area contributed by atoms with Crippen molar-refractivity contribution in [2.24, 2.45) is 0 Å². The first-order valence-corrected chi connectivity index (χ1v) is 12.3. The van der Waals surface area contributed by atoms with Crippen LogP contribution in [-0.4, -0.2) is 34.3 Å². The fourth-order valence-electron chi connectivity index (χ4n) is 3.47. The first-order valence-electron chi connectivity index (χ1n) is 10.4. The van der Waals surface area contributed by atoms with Crippen molar-refractivity contribution in [1.82, 2.24) is 10.0 Å². The molecule has 3 aromatic rings. The molecule has 0 aromatic heterocycles. The van der Waals surface area contributed by atoms with Gasteiger partial charge in [-0.15, -0.1) is 0 Å². The van der Waals surface area contributed by atoms with Crippen LogP contribution in [-0.2, 0) is 27.8 Å². The van der Waals surface area contributed by atoms with E-state index in [1.54, 1.807) is 12.1 Å². The molecule has 34 heavy (non-hydrogen) atoms. The molecule has 1 aliphatic heterocycles. The van der Waals surface area contributed by atoms with Gasteiger partial charge >= 0.3 is 0 Å². The van der Waals surface area contributed by atoms with E-state index in [2.05, 4.69) is 10.0 Å². The van der Waals surface area contributed by atoms with Crippen LogP contribution < -0.4 is 24.2 Å². The third-order valence-electron chi connectivity index (χ3n) is 5.23. The third-order valence-corrected chi connectivity index (χ3v) is 7.00. The molecular weight excluding hydrogens is 480 g/mol. The second-order valence-electron chi connectivity index (χ2n) is 7.57. The van der Waals surface area contributed by atoms with Crippen LogP contribution in [0.25, 0.3) is 0 Å². The van der Waals surface area contributed by atoms with E-state index in [0.29, 0.717) is 17.2 Å². The lowest BCUT2D eigenvalue weighted by Crippen LogP contribution is -2.47. The highest BCUT2D eigenvalue weighted by atomic mass is 35.5. The van der Waals surface area contributed by atoms with E-state index in [0.717, 1.165) is 11.1 Å². The van der Waals surface area contributed by atoms with Gasteiger partial charge in [0.05, 0.1) is 17.0 Å². The maximum Gasteiger partial charge on any atom is 0.241 e. The van der Waals surface area contributed by atoms with E-state index in [-0.39, 0.29) is 29.7 Å². The number of carbonyl (C=O) groups excluding carboxylic acids is 1. The monoisotopic (exact) mass is 502 g/mol. The van der Waals surface area contributed by atoms with Crippen molar-refractivity contribution in [3.63, 3.8) is 0 Å². The summed E-state index contributed by atoms with van der Waals surface area (Å²) in [7, 11) is -2.61. The van der Waals surface area contributed by atoms with Crippen LogP contribution in [0.1, 0.15) is 11.1 Å². The Labute approximate surface area is 202 Å². The molecular formula is C24H23ClN2O6S. The zero-order chi connectivity index (χ0) is 24.1. The van der Waals surface area contributed by atoms with Gasteiger partial charge < -0.3 is 19.5 Å². The van der Waals surface area contributed by atoms with E-state index in [1.165, 1.54) is 25.3 Å². The predicted octanol–water partition coefficient (Wildman–Crippen LogP) is 3.28. The van der Waals surface area contributed by atoms with Gasteiger partial charge in [0.15, 0.2) is 11.5 Å². The molecule has 2 N–H and O–H groups in total. The number of methoxy groups -OCH3 is 1. The van der Waals surface area contributed by atoms with Crippen molar-refractivity contribution >= 4 is 27.5 Å². The molecule has 0 bridgehead atoms. The predicted molar refractivity (Wildman–Crippen MR) is 127 cm³/mol. The summed E-state index contributed by atoms with van der Waals surface area (Å²) in [5.41, 5.74) is 1.60. The van der Waals surface area contributed by atoms with Gasteiger partial charge in [0, 0.05) is 6.54 Å².